The largest absolute Gasteiger partial charge is 0.326 e. The molecule has 0 saturated carbocycles. The Morgan fingerprint density at radius 3 is 2.52 bits per heavy atom. The first-order valence-corrected chi connectivity index (χ1v) is 8.05. The Morgan fingerprint density at radius 1 is 1.04 bits per heavy atom. The summed E-state index contributed by atoms with van der Waals surface area (Å²) in [6.07, 6.45) is 0.0849. The zero-order valence-corrected chi connectivity index (χ0v) is 14.1. The van der Waals surface area contributed by atoms with Crippen LogP contribution in [-0.4, -0.2) is 15.7 Å². The molecule has 0 radical (unpaired) electrons. The van der Waals surface area contributed by atoms with Crippen molar-refractivity contribution in [2.45, 2.75) is 26.8 Å². The fourth-order valence-electron chi connectivity index (χ4n) is 2.72. The molecule has 25 heavy (non-hydrogen) atoms. The first-order chi connectivity index (χ1) is 12.0. The summed E-state index contributed by atoms with van der Waals surface area (Å²) in [5, 5.41) is 6.07. The highest BCUT2D eigenvalue weighted by Gasteiger charge is 2.10. The summed E-state index contributed by atoms with van der Waals surface area (Å²) >= 11 is 0. The van der Waals surface area contributed by atoms with Crippen LogP contribution in [0.4, 0.5) is 5.69 Å². The number of anilines is 1. The van der Waals surface area contributed by atoms with E-state index in [2.05, 4.69) is 10.4 Å². The van der Waals surface area contributed by atoms with Crippen LogP contribution in [-0.2, 0) is 11.3 Å². The Hall–Kier alpha value is -3.15. The van der Waals surface area contributed by atoms with Gasteiger partial charge in [-0.05, 0) is 43.2 Å². The molecule has 1 amide bonds. The zero-order valence-electron chi connectivity index (χ0n) is 14.1. The minimum atomic E-state index is -0.342. The SMILES string of the molecule is Cc1cccc(NC(=O)CCn2[nH]c(=O)c3ccccc3c2=O)c1C. The van der Waals surface area contributed by atoms with Crippen molar-refractivity contribution >= 4 is 22.4 Å². The third-order valence-electron chi connectivity index (χ3n) is 4.32. The van der Waals surface area contributed by atoms with Crippen molar-refractivity contribution < 1.29 is 4.79 Å². The van der Waals surface area contributed by atoms with Gasteiger partial charge in [0.05, 0.1) is 17.3 Å². The monoisotopic (exact) mass is 337 g/mol. The number of amides is 1. The number of nitrogens with zero attached hydrogens (tertiary/aromatic N) is 1. The number of hydrogen-bond acceptors (Lipinski definition) is 3. The molecule has 2 aromatic carbocycles. The minimum absolute atomic E-state index is 0.0849. The van der Waals surface area contributed by atoms with Gasteiger partial charge in [0.15, 0.2) is 0 Å². The molecule has 1 heterocycles. The van der Waals surface area contributed by atoms with Gasteiger partial charge in [-0.1, -0.05) is 24.3 Å². The van der Waals surface area contributed by atoms with E-state index in [1.807, 2.05) is 32.0 Å². The summed E-state index contributed by atoms with van der Waals surface area (Å²) in [4.78, 5) is 36.7. The maximum absolute atomic E-state index is 12.4. The number of carbonyl (C=O) groups is 1. The first-order valence-electron chi connectivity index (χ1n) is 8.05. The van der Waals surface area contributed by atoms with Crippen LogP contribution >= 0.6 is 0 Å². The molecule has 0 spiro atoms. The molecular formula is C19H19N3O3. The number of aromatic nitrogens is 2. The van der Waals surface area contributed by atoms with Crippen LogP contribution in [0.15, 0.2) is 52.1 Å². The zero-order chi connectivity index (χ0) is 18.0. The van der Waals surface area contributed by atoms with Crippen LogP contribution < -0.4 is 16.4 Å². The van der Waals surface area contributed by atoms with Crippen LogP contribution in [0.2, 0.25) is 0 Å². The van der Waals surface area contributed by atoms with E-state index in [1.54, 1.807) is 24.3 Å². The smallest absolute Gasteiger partial charge is 0.273 e. The van der Waals surface area contributed by atoms with Gasteiger partial charge in [0, 0.05) is 12.1 Å². The van der Waals surface area contributed by atoms with Crippen molar-refractivity contribution in [1.29, 1.82) is 0 Å². The molecule has 0 atom stereocenters. The van der Waals surface area contributed by atoms with Crippen molar-refractivity contribution in [3.05, 3.63) is 74.3 Å². The van der Waals surface area contributed by atoms with E-state index in [1.165, 1.54) is 4.68 Å². The lowest BCUT2D eigenvalue weighted by atomic mass is 10.1. The Morgan fingerprint density at radius 2 is 1.76 bits per heavy atom. The van der Waals surface area contributed by atoms with E-state index >= 15 is 0 Å². The predicted octanol–water partition coefficient (Wildman–Crippen LogP) is 2.34. The number of aromatic amines is 1. The van der Waals surface area contributed by atoms with Crippen molar-refractivity contribution in [3.63, 3.8) is 0 Å². The van der Waals surface area contributed by atoms with Crippen molar-refractivity contribution in [2.75, 3.05) is 5.32 Å². The van der Waals surface area contributed by atoms with Gasteiger partial charge in [-0.2, -0.15) is 0 Å². The van der Waals surface area contributed by atoms with E-state index in [0.717, 1.165) is 16.8 Å². The highest BCUT2D eigenvalue weighted by atomic mass is 16.2. The van der Waals surface area contributed by atoms with Gasteiger partial charge in [0.25, 0.3) is 11.1 Å². The van der Waals surface area contributed by atoms with Gasteiger partial charge in [0.2, 0.25) is 5.91 Å². The van der Waals surface area contributed by atoms with Crippen molar-refractivity contribution in [1.82, 2.24) is 9.78 Å². The van der Waals surface area contributed by atoms with Crippen LogP contribution in [0.25, 0.3) is 10.8 Å². The van der Waals surface area contributed by atoms with Gasteiger partial charge in [-0.3, -0.25) is 19.5 Å². The van der Waals surface area contributed by atoms with E-state index < -0.39 is 0 Å². The normalized spacial score (nSPS) is 10.8. The Kier molecular flexibility index (Phi) is 4.52. The number of nitrogens with one attached hydrogen (secondary N) is 2. The summed E-state index contributed by atoms with van der Waals surface area (Å²) in [6.45, 7) is 4.02. The maximum atomic E-state index is 12.4. The number of hydrogen-bond donors (Lipinski definition) is 2. The highest BCUT2D eigenvalue weighted by Crippen LogP contribution is 2.18. The molecule has 2 N–H and O–H groups in total. The molecule has 0 saturated heterocycles. The second-order valence-electron chi connectivity index (χ2n) is 5.99. The van der Waals surface area contributed by atoms with Crippen LogP contribution in [0, 0.1) is 13.8 Å². The van der Waals surface area contributed by atoms with Gasteiger partial charge >= 0.3 is 0 Å². The lowest BCUT2D eigenvalue weighted by molar-refractivity contribution is -0.116. The lowest BCUT2D eigenvalue weighted by Crippen LogP contribution is -2.31. The van der Waals surface area contributed by atoms with E-state index in [0.29, 0.717) is 10.8 Å². The average molecular weight is 337 g/mol. The number of rotatable bonds is 4. The number of aryl methyl sites for hydroxylation is 2. The molecule has 0 aliphatic carbocycles. The molecule has 128 valence electrons. The molecule has 1 aromatic heterocycles. The Balaban J connectivity index is 1.78. The maximum Gasteiger partial charge on any atom is 0.273 e. The number of benzene rings is 2. The third kappa shape index (κ3) is 3.38. The topological polar surface area (TPSA) is 84.0 Å². The highest BCUT2D eigenvalue weighted by molar-refractivity contribution is 5.91. The van der Waals surface area contributed by atoms with Gasteiger partial charge in [0.1, 0.15) is 0 Å². The average Bonchev–Trinajstić information content (AvgIpc) is 2.61. The van der Waals surface area contributed by atoms with Crippen molar-refractivity contribution in [3.8, 4) is 0 Å². The van der Waals surface area contributed by atoms with Gasteiger partial charge < -0.3 is 5.32 Å². The standard InChI is InChI=1S/C19H19N3O3/c1-12-6-5-9-16(13(12)2)20-17(23)10-11-22-19(25)15-8-4-3-7-14(15)18(24)21-22/h3-9H,10-11H2,1-2H3,(H,20,23)(H,21,24). The predicted molar refractivity (Wildman–Crippen MR) is 98.0 cm³/mol. The van der Waals surface area contributed by atoms with Crippen molar-refractivity contribution in [2.24, 2.45) is 0 Å². The summed E-state index contributed by atoms with van der Waals surface area (Å²) in [6, 6.07) is 12.3. The quantitative estimate of drug-likeness (QED) is 0.766. The molecule has 3 rings (SSSR count). The fourth-order valence-corrected chi connectivity index (χ4v) is 2.72. The molecular weight excluding hydrogens is 318 g/mol. The fraction of sp³-hybridized carbons (Fsp3) is 0.211. The molecule has 0 aliphatic heterocycles. The molecule has 3 aromatic rings. The molecule has 6 heteroatoms. The molecule has 0 unspecified atom stereocenters. The van der Waals surface area contributed by atoms with E-state index in [9.17, 15) is 14.4 Å². The molecule has 0 bridgehead atoms. The first kappa shape index (κ1) is 16.7. The summed E-state index contributed by atoms with van der Waals surface area (Å²) in [7, 11) is 0. The number of fused-ring (bicyclic) bond motifs is 1. The van der Waals surface area contributed by atoms with Crippen LogP contribution in [0.5, 0.6) is 0 Å². The third-order valence-corrected chi connectivity index (χ3v) is 4.32. The Labute approximate surface area is 144 Å². The van der Waals surface area contributed by atoms with E-state index in [-0.39, 0.29) is 30.0 Å². The second-order valence-corrected chi connectivity index (χ2v) is 5.99. The summed E-state index contributed by atoms with van der Waals surface area (Å²) in [5.41, 5.74) is 2.20. The summed E-state index contributed by atoms with van der Waals surface area (Å²) < 4.78 is 1.19. The summed E-state index contributed by atoms with van der Waals surface area (Å²) in [5.74, 6) is -0.213. The van der Waals surface area contributed by atoms with Gasteiger partial charge in [-0.15, -0.1) is 0 Å². The molecule has 0 aliphatic rings. The van der Waals surface area contributed by atoms with E-state index in [4.69, 9.17) is 0 Å². The number of carbonyl (C=O) groups excluding carboxylic acids is 1. The molecule has 6 nitrogen and oxygen atoms in total. The van der Waals surface area contributed by atoms with Crippen LogP contribution in [0.1, 0.15) is 17.5 Å². The molecule has 0 fully saturated rings. The van der Waals surface area contributed by atoms with Crippen LogP contribution in [0.3, 0.4) is 0 Å². The number of H-pyrrole nitrogens is 1. The lowest BCUT2D eigenvalue weighted by Gasteiger charge is -2.11. The second kappa shape index (κ2) is 6.76. The van der Waals surface area contributed by atoms with Gasteiger partial charge in [-0.25, -0.2) is 4.68 Å². The minimum Gasteiger partial charge on any atom is -0.326 e. The Bertz CT molecular complexity index is 1060.